The molecule has 0 spiro atoms. The Hall–Kier alpha value is -1.66. The number of nitrogens with one attached hydrogen (secondary N) is 2. The van der Waals surface area contributed by atoms with Crippen molar-refractivity contribution in [2.24, 2.45) is 5.92 Å². The van der Waals surface area contributed by atoms with E-state index in [0.29, 0.717) is 31.1 Å². The van der Waals surface area contributed by atoms with E-state index >= 15 is 0 Å². The average molecular weight is 408 g/mol. The van der Waals surface area contributed by atoms with Gasteiger partial charge in [0.2, 0.25) is 5.91 Å². The van der Waals surface area contributed by atoms with Crippen LogP contribution in [0.1, 0.15) is 55.8 Å². The molecule has 28 heavy (non-hydrogen) atoms. The third kappa shape index (κ3) is 4.49. The summed E-state index contributed by atoms with van der Waals surface area (Å²) in [7, 11) is 0. The Balaban J connectivity index is 1.28. The van der Waals surface area contributed by atoms with Crippen LogP contribution in [0, 0.1) is 11.7 Å². The summed E-state index contributed by atoms with van der Waals surface area (Å²) in [4.78, 5) is 27.0. The molecule has 2 bridgehead atoms. The van der Waals surface area contributed by atoms with E-state index in [-0.39, 0.29) is 27.9 Å². The van der Waals surface area contributed by atoms with E-state index < -0.39 is 5.82 Å². The van der Waals surface area contributed by atoms with Gasteiger partial charge in [0.05, 0.1) is 6.54 Å². The monoisotopic (exact) mass is 407 g/mol. The van der Waals surface area contributed by atoms with Gasteiger partial charge in [0.15, 0.2) is 0 Å². The van der Waals surface area contributed by atoms with Gasteiger partial charge in [-0.3, -0.25) is 14.5 Å². The minimum Gasteiger partial charge on any atom is -0.352 e. The highest BCUT2D eigenvalue weighted by Gasteiger charge is 2.43. The molecule has 1 saturated carbocycles. The molecule has 0 aromatic heterocycles. The van der Waals surface area contributed by atoms with Crippen molar-refractivity contribution in [2.45, 2.75) is 63.1 Å². The zero-order chi connectivity index (χ0) is 19.9. The molecule has 5 nitrogen and oxygen atoms in total. The number of carbonyl (C=O) groups is 2. The predicted octanol–water partition coefficient (Wildman–Crippen LogP) is 3.12. The van der Waals surface area contributed by atoms with E-state index in [0.717, 1.165) is 38.5 Å². The van der Waals surface area contributed by atoms with Crippen LogP contribution in [0.3, 0.4) is 0 Å². The van der Waals surface area contributed by atoms with E-state index in [1.807, 2.05) is 0 Å². The van der Waals surface area contributed by atoms with E-state index in [2.05, 4.69) is 22.5 Å². The molecule has 2 atom stereocenters. The number of carbonyl (C=O) groups excluding carboxylic acids is 2. The smallest absolute Gasteiger partial charge is 0.251 e. The summed E-state index contributed by atoms with van der Waals surface area (Å²) >= 11 is 5.83. The Morgan fingerprint density at radius 2 is 1.89 bits per heavy atom. The third-order valence-corrected chi connectivity index (χ3v) is 6.64. The van der Waals surface area contributed by atoms with Crippen LogP contribution >= 0.6 is 11.6 Å². The van der Waals surface area contributed by atoms with Crippen LogP contribution in [-0.2, 0) is 4.79 Å². The molecule has 3 aliphatic rings. The molecule has 152 valence electrons. The standard InChI is InChI=1S/C21H27ClFN3O2/c1-21(4-5-21)25-19(27)12-26-17-2-3-18(26)7-13(6-17)11-24-20(28)14-8-15(22)10-16(23)9-14/h8-10,13,17-18H,2-7,11-12H2,1H3,(H,24,28)(H,25,27). The van der Waals surface area contributed by atoms with Gasteiger partial charge in [-0.1, -0.05) is 11.6 Å². The Bertz CT molecular complexity index is 749. The Kier molecular flexibility index (Phi) is 5.36. The molecule has 2 amide bonds. The van der Waals surface area contributed by atoms with Crippen molar-refractivity contribution >= 4 is 23.4 Å². The largest absolute Gasteiger partial charge is 0.352 e. The minimum absolute atomic E-state index is 0.0263. The van der Waals surface area contributed by atoms with Crippen molar-refractivity contribution in [3.8, 4) is 0 Å². The molecule has 2 aliphatic heterocycles. The zero-order valence-electron chi connectivity index (χ0n) is 16.1. The van der Waals surface area contributed by atoms with Gasteiger partial charge >= 0.3 is 0 Å². The molecular formula is C21H27ClFN3O2. The SMILES string of the molecule is CC1(NC(=O)CN2C3CCC2CC(CNC(=O)c2cc(F)cc(Cl)c2)C3)CC1. The lowest BCUT2D eigenvalue weighted by molar-refractivity contribution is -0.124. The number of piperidine rings is 1. The second-order valence-corrected chi connectivity index (χ2v) is 9.31. The van der Waals surface area contributed by atoms with Gasteiger partial charge in [0, 0.05) is 34.8 Å². The van der Waals surface area contributed by atoms with Crippen LogP contribution in [-0.4, -0.2) is 47.4 Å². The first-order chi connectivity index (χ1) is 13.3. The maximum Gasteiger partial charge on any atom is 0.251 e. The van der Waals surface area contributed by atoms with Crippen LogP contribution in [0.15, 0.2) is 18.2 Å². The van der Waals surface area contributed by atoms with Crippen molar-refractivity contribution < 1.29 is 14.0 Å². The van der Waals surface area contributed by atoms with Crippen molar-refractivity contribution in [1.29, 1.82) is 0 Å². The minimum atomic E-state index is -0.512. The molecule has 2 N–H and O–H groups in total. The van der Waals surface area contributed by atoms with Crippen LogP contribution < -0.4 is 10.6 Å². The van der Waals surface area contributed by atoms with Crippen LogP contribution in [0.4, 0.5) is 4.39 Å². The summed E-state index contributed by atoms with van der Waals surface area (Å²) < 4.78 is 13.4. The van der Waals surface area contributed by atoms with Crippen LogP contribution in [0.2, 0.25) is 5.02 Å². The lowest BCUT2D eigenvalue weighted by Gasteiger charge is -2.38. The molecule has 1 aromatic rings. The molecule has 7 heteroatoms. The second-order valence-electron chi connectivity index (χ2n) is 8.87. The molecule has 2 unspecified atom stereocenters. The summed E-state index contributed by atoms with van der Waals surface area (Å²) in [5.74, 6) is -0.298. The number of nitrogens with zero attached hydrogens (tertiary/aromatic N) is 1. The van der Waals surface area contributed by atoms with Gasteiger partial charge in [0.25, 0.3) is 5.91 Å². The van der Waals surface area contributed by atoms with Crippen LogP contribution in [0.25, 0.3) is 0 Å². The van der Waals surface area contributed by atoms with E-state index in [1.54, 1.807) is 0 Å². The molecular weight excluding hydrogens is 381 g/mol. The Morgan fingerprint density at radius 1 is 1.21 bits per heavy atom. The first-order valence-corrected chi connectivity index (χ1v) is 10.5. The van der Waals surface area contributed by atoms with Gasteiger partial charge in [0.1, 0.15) is 5.82 Å². The number of amides is 2. The maximum absolute atomic E-state index is 13.4. The first kappa shape index (κ1) is 19.6. The first-order valence-electron chi connectivity index (χ1n) is 10.1. The second kappa shape index (κ2) is 7.64. The molecule has 1 aromatic carbocycles. The fourth-order valence-corrected chi connectivity index (χ4v) is 4.91. The molecule has 1 aliphatic carbocycles. The zero-order valence-corrected chi connectivity index (χ0v) is 16.9. The maximum atomic E-state index is 13.4. The molecule has 4 rings (SSSR count). The topological polar surface area (TPSA) is 61.4 Å². The number of rotatable bonds is 6. The highest BCUT2D eigenvalue weighted by molar-refractivity contribution is 6.31. The fraction of sp³-hybridized carbons (Fsp3) is 0.619. The molecule has 3 fully saturated rings. The highest BCUT2D eigenvalue weighted by atomic mass is 35.5. The quantitative estimate of drug-likeness (QED) is 0.761. The van der Waals surface area contributed by atoms with E-state index in [9.17, 15) is 14.0 Å². The Morgan fingerprint density at radius 3 is 2.50 bits per heavy atom. The van der Waals surface area contributed by atoms with Crippen molar-refractivity contribution in [1.82, 2.24) is 15.5 Å². The van der Waals surface area contributed by atoms with Crippen molar-refractivity contribution in [3.63, 3.8) is 0 Å². The van der Waals surface area contributed by atoms with Gasteiger partial charge in [-0.05, 0) is 69.6 Å². The number of halogens is 2. The number of hydrogen-bond acceptors (Lipinski definition) is 3. The van der Waals surface area contributed by atoms with Crippen molar-refractivity contribution in [2.75, 3.05) is 13.1 Å². The number of hydrogen-bond donors (Lipinski definition) is 2. The summed E-state index contributed by atoms with van der Waals surface area (Å²) in [6, 6.07) is 4.67. The van der Waals surface area contributed by atoms with Gasteiger partial charge < -0.3 is 10.6 Å². The number of benzene rings is 1. The van der Waals surface area contributed by atoms with Gasteiger partial charge in [-0.25, -0.2) is 4.39 Å². The summed E-state index contributed by atoms with van der Waals surface area (Å²) in [5, 5.41) is 6.29. The summed E-state index contributed by atoms with van der Waals surface area (Å²) in [5.41, 5.74) is 0.272. The highest BCUT2D eigenvalue weighted by Crippen LogP contribution is 2.39. The van der Waals surface area contributed by atoms with Crippen LogP contribution in [0.5, 0.6) is 0 Å². The van der Waals surface area contributed by atoms with Gasteiger partial charge in [-0.2, -0.15) is 0 Å². The molecule has 2 saturated heterocycles. The lowest BCUT2D eigenvalue weighted by Crippen LogP contribution is -2.50. The fourth-order valence-electron chi connectivity index (χ4n) is 4.69. The van der Waals surface area contributed by atoms with Gasteiger partial charge in [-0.15, -0.1) is 0 Å². The summed E-state index contributed by atoms with van der Waals surface area (Å²) in [6.07, 6.45) is 6.32. The summed E-state index contributed by atoms with van der Waals surface area (Å²) in [6.45, 7) is 3.14. The van der Waals surface area contributed by atoms with E-state index in [1.165, 1.54) is 18.2 Å². The molecule has 0 radical (unpaired) electrons. The lowest BCUT2D eigenvalue weighted by atomic mass is 9.90. The normalized spacial score (nSPS) is 28.0. The van der Waals surface area contributed by atoms with Crippen molar-refractivity contribution in [3.05, 3.63) is 34.6 Å². The number of fused-ring (bicyclic) bond motifs is 2. The Labute approximate surface area is 170 Å². The third-order valence-electron chi connectivity index (χ3n) is 6.43. The molecule has 2 heterocycles. The average Bonchev–Trinajstić information content (AvgIpc) is 3.30. The van der Waals surface area contributed by atoms with E-state index in [4.69, 9.17) is 11.6 Å². The predicted molar refractivity (Wildman–Crippen MR) is 106 cm³/mol.